The minimum atomic E-state index is 0.992. The number of hydrogen-bond donors (Lipinski definition) is 0. The van der Waals surface area contributed by atoms with Crippen LogP contribution in [0.3, 0.4) is 0 Å². The minimum absolute atomic E-state index is 0.992. The molecule has 1 heterocycles. The molecule has 18 heavy (non-hydrogen) atoms. The second-order valence-electron chi connectivity index (χ2n) is 4.84. The van der Waals surface area contributed by atoms with Gasteiger partial charge in [-0.15, -0.1) is 0 Å². The third kappa shape index (κ3) is 1.51. The molecule has 1 aromatic heterocycles. The van der Waals surface area contributed by atoms with Gasteiger partial charge in [0.05, 0.1) is 5.52 Å². The van der Waals surface area contributed by atoms with E-state index in [1.807, 2.05) is 0 Å². The Hall–Kier alpha value is -1.89. The highest BCUT2D eigenvalue weighted by molar-refractivity contribution is 6.06. The average Bonchev–Trinajstić information content (AvgIpc) is 2.42. The van der Waals surface area contributed by atoms with E-state index in [9.17, 15) is 0 Å². The Labute approximate surface area is 107 Å². The molecule has 0 aliphatic heterocycles. The zero-order valence-corrected chi connectivity index (χ0v) is 11.1. The van der Waals surface area contributed by atoms with Crippen LogP contribution in [0.5, 0.6) is 0 Å². The summed E-state index contributed by atoms with van der Waals surface area (Å²) in [6.07, 6.45) is 0.992. The van der Waals surface area contributed by atoms with Gasteiger partial charge in [-0.1, -0.05) is 43.3 Å². The van der Waals surface area contributed by atoms with Gasteiger partial charge in [0.25, 0.3) is 0 Å². The molecular formula is C17H17N. The van der Waals surface area contributed by atoms with E-state index in [-0.39, 0.29) is 0 Å². The quantitative estimate of drug-likeness (QED) is 0.563. The highest BCUT2D eigenvalue weighted by Crippen LogP contribution is 2.28. The second kappa shape index (κ2) is 4.09. The van der Waals surface area contributed by atoms with Gasteiger partial charge < -0.3 is 0 Å². The zero-order valence-electron chi connectivity index (χ0n) is 11.1. The highest BCUT2D eigenvalue weighted by Gasteiger charge is 2.09. The van der Waals surface area contributed by atoms with E-state index in [0.29, 0.717) is 0 Å². The molecule has 0 spiro atoms. The summed E-state index contributed by atoms with van der Waals surface area (Å²) in [7, 11) is 0. The molecular weight excluding hydrogens is 218 g/mol. The Morgan fingerprint density at radius 3 is 2.44 bits per heavy atom. The number of aryl methyl sites for hydroxylation is 2. The molecule has 0 fully saturated rings. The van der Waals surface area contributed by atoms with E-state index in [2.05, 4.69) is 57.2 Å². The number of fused-ring (bicyclic) bond motifs is 3. The summed E-state index contributed by atoms with van der Waals surface area (Å²) in [6, 6.07) is 12.9. The lowest BCUT2D eigenvalue weighted by molar-refractivity contribution is 1.02. The molecule has 1 nitrogen and oxygen atoms in total. The van der Waals surface area contributed by atoms with Crippen molar-refractivity contribution in [2.24, 2.45) is 0 Å². The van der Waals surface area contributed by atoms with E-state index in [4.69, 9.17) is 4.98 Å². The van der Waals surface area contributed by atoms with Crippen molar-refractivity contribution in [3.05, 3.63) is 53.2 Å². The molecule has 0 aliphatic rings. The molecule has 0 unspecified atom stereocenters. The van der Waals surface area contributed by atoms with Crippen LogP contribution < -0.4 is 0 Å². The fourth-order valence-electron chi connectivity index (χ4n) is 2.66. The standard InChI is InChI=1S/C17H17N/c1-4-16-12(3)11(2)14-10-9-13-7-5-6-8-15(13)17(14)18-16/h5-10H,4H2,1-3H3. The lowest BCUT2D eigenvalue weighted by atomic mass is 9.98. The zero-order chi connectivity index (χ0) is 12.7. The lowest BCUT2D eigenvalue weighted by Crippen LogP contribution is -1.97. The first-order valence-electron chi connectivity index (χ1n) is 6.50. The van der Waals surface area contributed by atoms with E-state index < -0.39 is 0 Å². The summed E-state index contributed by atoms with van der Waals surface area (Å²) in [5, 5.41) is 3.80. The number of nitrogens with zero attached hydrogens (tertiary/aromatic N) is 1. The van der Waals surface area contributed by atoms with Gasteiger partial charge in [0, 0.05) is 16.5 Å². The van der Waals surface area contributed by atoms with Crippen molar-refractivity contribution in [2.75, 3.05) is 0 Å². The van der Waals surface area contributed by atoms with Gasteiger partial charge >= 0.3 is 0 Å². The normalized spacial score (nSPS) is 11.3. The smallest absolute Gasteiger partial charge is 0.0786 e. The van der Waals surface area contributed by atoms with Crippen LogP contribution in [-0.2, 0) is 6.42 Å². The van der Waals surface area contributed by atoms with Crippen molar-refractivity contribution in [1.82, 2.24) is 4.98 Å². The van der Waals surface area contributed by atoms with Crippen LogP contribution in [0, 0.1) is 13.8 Å². The molecule has 0 N–H and O–H groups in total. The fraction of sp³-hybridized carbons (Fsp3) is 0.235. The molecule has 3 rings (SSSR count). The monoisotopic (exact) mass is 235 g/mol. The summed E-state index contributed by atoms with van der Waals surface area (Å²) in [5.41, 5.74) is 5.06. The van der Waals surface area contributed by atoms with E-state index in [1.54, 1.807) is 0 Å². The summed E-state index contributed by atoms with van der Waals surface area (Å²) in [5.74, 6) is 0. The van der Waals surface area contributed by atoms with Crippen molar-refractivity contribution in [2.45, 2.75) is 27.2 Å². The predicted molar refractivity (Wildman–Crippen MR) is 78.1 cm³/mol. The van der Waals surface area contributed by atoms with Crippen LogP contribution in [0.15, 0.2) is 36.4 Å². The first-order chi connectivity index (χ1) is 8.72. The largest absolute Gasteiger partial charge is 0.252 e. The molecule has 0 bridgehead atoms. The average molecular weight is 235 g/mol. The molecule has 3 aromatic rings. The third-order valence-electron chi connectivity index (χ3n) is 3.88. The molecule has 90 valence electrons. The van der Waals surface area contributed by atoms with Crippen molar-refractivity contribution in [3.63, 3.8) is 0 Å². The van der Waals surface area contributed by atoms with Crippen LogP contribution in [0.1, 0.15) is 23.7 Å². The summed E-state index contributed by atoms with van der Waals surface area (Å²) in [4.78, 5) is 4.88. The van der Waals surface area contributed by atoms with Gasteiger partial charge in [0.2, 0.25) is 0 Å². The van der Waals surface area contributed by atoms with Crippen LogP contribution in [0.2, 0.25) is 0 Å². The van der Waals surface area contributed by atoms with Crippen molar-refractivity contribution < 1.29 is 0 Å². The first kappa shape index (κ1) is 11.2. The summed E-state index contributed by atoms with van der Waals surface area (Å²) < 4.78 is 0. The Balaban J connectivity index is 2.54. The van der Waals surface area contributed by atoms with Gasteiger partial charge in [0.1, 0.15) is 0 Å². The Morgan fingerprint density at radius 2 is 1.67 bits per heavy atom. The molecule has 0 amide bonds. The highest BCUT2D eigenvalue weighted by atomic mass is 14.7. The van der Waals surface area contributed by atoms with E-state index in [1.165, 1.54) is 33.0 Å². The minimum Gasteiger partial charge on any atom is -0.252 e. The maximum Gasteiger partial charge on any atom is 0.0786 e. The van der Waals surface area contributed by atoms with Gasteiger partial charge in [-0.3, -0.25) is 4.98 Å². The SMILES string of the molecule is CCc1nc2c(ccc3ccccc32)c(C)c1C. The second-order valence-corrected chi connectivity index (χ2v) is 4.84. The Morgan fingerprint density at radius 1 is 0.889 bits per heavy atom. The van der Waals surface area contributed by atoms with Gasteiger partial charge in [-0.2, -0.15) is 0 Å². The number of rotatable bonds is 1. The number of pyridine rings is 1. The van der Waals surface area contributed by atoms with Gasteiger partial charge in [-0.05, 0) is 36.8 Å². The topological polar surface area (TPSA) is 12.9 Å². The first-order valence-corrected chi connectivity index (χ1v) is 6.50. The Kier molecular flexibility index (Phi) is 2.55. The molecule has 0 atom stereocenters. The number of aromatic nitrogens is 1. The van der Waals surface area contributed by atoms with Crippen LogP contribution in [0.25, 0.3) is 21.7 Å². The third-order valence-corrected chi connectivity index (χ3v) is 3.88. The molecule has 1 heteroatoms. The molecule has 0 aliphatic carbocycles. The summed E-state index contributed by atoms with van der Waals surface area (Å²) in [6.45, 7) is 6.55. The van der Waals surface area contributed by atoms with Crippen molar-refractivity contribution in [3.8, 4) is 0 Å². The number of hydrogen-bond acceptors (Lipinski definition) is 1. The number of benzene rings is 2. The lowest BCUT2D eigenvalue weighted by Gasteiger charge is -2.12. The van der Waals surface area contributed by atoms with Crippen molar-refractivity contribution in [1.29, 1.82) is 0 Å². The van der Waals surface area contributed by atoms with E-state index >= 15 is 0 Å². The van der Waals surface area contributed by atoms with Gasteiger partial charge in [-0.25, -0.2) is 0 Å². The Bertz CT molecular complexity index is 741. The molecule has 2 aromatic carbocycles. The fourth-order valence-corrected chi connectivity index (χ4v) is 2.66. The predicted octanol–water partition coefficient (Wildman–Crippen LogP) is 4.57. The molecule has 0 saturated heterocycles. The molecule has 0 saturated carbocycles. The summed E-state index contributed by atoms with van der Waals surface area (Å²) >= 11 is 0. The van der Waals surface area contributed by atoms with E-state index in [0.717, 1.165) is 11.9 Å². The van der Waals surface area contributed by atoms with Crippen molar-refractivity contribution >= 4 is 21.7 Å². The maximum absolute atomic E-state index is 4.88. The van der Waals surface area contributed by atoms with Crippen LogP contribution in [0.4, 0.5) is 0 Å². The molecule has 0 radical (unpaired) electrons. The van der Waals surface area contributed by atoms with Crippen LogP contribution in [-0.4, -0.2) is 4.98 Å². The van der Waals surface area contributed by atoms with Gasteiger partial charge in [0.15, 0.2) is 0 Å². The maximum atomic E-state index is 4.88. The van der Waals surface area contributed by atoms with Crippen LogP contribution >= 0.6 is 0 Å².